The number of carboxylic acid groups (broad SMARTS) is 1. The van der Waals surface area contributed by atoms with Crippen molar-refractivity contribution in [1.29, 1.82) is 0 Å². The maximum absolute atomic E-state index is 11.5. The number of aliphatic hydroxyl groups is 2. The summed E-state index contributed by atoms with van der Waals surface area (Å²) in [5, 5.41) is 30.7. The minimum Gasteiger partial charge on any atom is -0.480 e. The predicted octanol–water partition coefficient (Wildman–Crippen LogP) is -1.85. The molecule has 0 spiro atoms. The van der Waals surface area contributed by atoms with E-state index in [1.165, 1.54) is 6.92 Å². The van der Waals surface area contributed by atoms with Crippen LogP contribution in [0.1, 0.15) is 26.2 Å². The van der Waals surface area contributed by atoms with E-state index in [1.54, 1.807) is 0 Å². The van der Waals surface area contributed by atoms with Crippen molar-refractivity contribution in [2.45, 2.75) is 56.3 Å². The van der Waals surface area contributed by atoms with Crippen LogP contribution in [-0.4, -0.2) is 57.3 Å². The van der Waals surface area contributed by atoms with E-state index >= 15 is 0 Å². The van der Waals surface area contributed by atoms with Crippen molar-refractivity contribution >= 4 is 11.9 Å². The van der Waals surface area contributed by atoms with Gasteiger partial charge in [-0.05, 0) is 25.7 Å². The molecule has 0 aromatic carbocycles. The molecule has 0 aromatic rings. The van der Waals surface area contributed by atoms with Gasteiger partial charge in [0.05, 0.1) is 12.1 Å². The van der Waals surface area contributed by atoms with Crippen LogP contribution in [0.4, 0.5) is 0 Å². The van der Waals surface area contributed by atoms with Crippen LogP contribution >= 0.6 is 0 Å². The van der Waals surface area contributed by atoms with Crippen LogP contribution in [0.15, 0.2) is 0 Å². The van der Waals surface area contributed by atoms with Crippen LogP contribution in [0, 0.1) is 5.92 Å². The highest BCUT2D eigenvalue weighted by Crippen LogP contribution is 2.46. The molecule has 1 saturated heterocycles. The van der Waals surface area contributed by atoms with Gasteiger partial charge in [-0.25, -0.2) is 4.79 Å². The van der Waals surface area contributed by atoms with Crippen molar-refractivity contribution in [2.75, 3.05) is 0 Å². The molecule has 8 heteroatoms. The van der Waals surface area contributed by atoms with Gasteiger partial charge in [0.25, 0.3) is 0 Å². The molecule has 2 rings (SSSR count). The highest BCUT2D eigenvalue weighted by Gasteiger charge is 2.60. The van der Waals surface area contributed by atoms with E-state index in [9.17, 15) is 19.8 Å². The van der Waals surface area contributed by atoms with E-state index in [4.69, 9.17) is 15.6 Å². The first-order valence-corrected chi connectivity index (χ1v) is 6.61. The third-order valence-electron chi connectivity index (χ3n) is 3.90. The number of nitrogens with one attached hydrogen (secondary N) is 1. The number of hydrogen-bond acceptors (Lipinski definition) is 6. The zero-order valence-corrected chi connectivity index (χ0v) is 11.2. The van der Waals surface area contributed by atoms with Crippen molar-refractivity contribution in [3.8, 4) is 0 Å². The molecule has 114 valence electrons. The first kappa shape index (κ1) is 15.2. The minimum absolute atomic E-state index is 0.123. The molecule has 1 heterocycles. The third kappa shape index (κ3) is 3.09. The Morgan fingerprint density at radius 3 is 2.70 bits per heavy atom. The fraction of sp³-hybridized carbons (Fsp3) is 0.833. The molecule has 2 fully saturated rings. The summed E-state index contributed by atoms with van der Waals surface area (Å²) in [5.41, 5.74) is 5.39. The van der Waals surface area contributed by atoms with Gasteiger partial charge in [-0.2, -0.15) is 0 Å². The van der Waals surface area contributed by atoms with Gasteiger partial charge in [-0.1, -0.05) is 0 Å². The normalized spacial score (nSPS) is 33.7. The third-order valence-corrected chi connectivity index (χ3v) is 3.90. The number of ether oxygens (including phenoxy) is 1. The number of rotatable bonds is 5. The fourth-order valence-corrected chi connectivity index (χ4v) is 2.64. The fourth-order valence-electron chi connectivity index (χ4n) is 2.64. The molecule has 20 heavy (non-hydrogen) atoms. The Labute approximate surface area is 115 Å². The van der Waals surface area contributed by atoms with Crippen molar-refractivity contribution in [3.63, 3.8) is 0 Å². The Morgan fingerprint density at radius 1 is 1.50 bits per heavy atom. The summed E-state index contributed by atoms with van der Waals surface area (Å²) in [6.07, 6.45) is -0.253. The number of carbonyl (C=O) groups excluding carboxylic acids is 1. The molecule has 2 aliphatic rings. The van der Waals surface area contributed by atoms with Crippen molar-refractivity contribution < 1.29 is 29.6 Å². The first-order chi connectivity index (χ1) is 9.22. The van der Waals surface area contributed by atoms with Gasteiger partial charge >= 0.3 is 5.97 Å². The number of carboxylic acids is 1. The van der Waals surface area contributed by atoms with Crippen LogP contribution in [-0.2, 0) is 14.3 Å². The predicted molar refractivity (Wildman–Crippen MR) is 66.4 cm³/mol. The molecule has 1 amide bonds. The summed E-state index contributed by atoms with van der Waals surface area (Å²) in [7, 11) is 0. The van der Waals surface area contributed by atoms with Gasteiger partial charge in [0.15, 0.2) is 5.79 Å². The van der Waals surface area contributed by atoms with Crippen LogP contribution < -0.4 is 11.1 Å². The van der Waals surface area contributed by atoms with Crippen LogP contribution in [0.5, 0.6) is 0 Å². The van der Waals surface area contributed by atoms with Gasteiger partial charge < -0.3 is 31.1 Å². The molecule has 0 unspecified atom stereocenters. The average Bonchev–Trinajstić information content (AvgIpc) is 3.12. The lowest BCUT2D eigenvalue weighted by atomic mass is 9.81. The second kappa shape index (κ2) is 5.28. The molecule has 0 radical (unpaired) electrons. The molecular weight excluding hydrogens is 268 g/mol. The molecule has 1 aliphatic carbocycles. The Bertz CT molecular complexity index is 411. The summed E-state index contributed by atoms with van der Waals surface area (Å²) in [5.74, 6) is -3.61. The highest BCUT2D eigenvalue weighted by molar-refractivity contribution is 5.86. The largest absolute Gasteiger partial charge is 0.480 e. The van der Waals surface area contributed by atoms with Crippen LogP contribution in [0.25, 0.3) is 0 Å². The van der Waals surface area contributed by atoms with Crippen LogP contribution in [0.3, 0.4) is 0 Å². The number of fused-ring (bicyclic) bond motifs is 1. The van der Waals surface area contributed by atoms with E-state index in [0.29, 0.717) is 6.42 Å². The van der Waals surface area contributed by atoms with E-state index in [1.807, 2.05) is 0 Å². The van der Waals surface area contributed by atoms with Gasteiger partial charge in [0, 0.05) is 6.42 Å². The number of nitrogens with two attached hydrogens (primary N) is 1. The molecular formula is C12H20N2O6. The molecule has 0 aromatic heterocycles. The highest BCUT2D eigenvalue weighted by atomic mass is 16.6. The summed E-state index contributed by atoms with van der Waals surface area (Å²) < 4.78 is 5.21. The van der Waals surface area contributed by atoms with Gasteiger partial charge in [0.1, 0.15) is 12.1 Å². The molecule has 1 saturated carbocycles. The Kier molecular flexibility index (Phi) is 4.01. The summed E-state index contributed by atoms with van der Waals surface area (Å²) in [4.78, 5) is 22.7. The van der Waals surface area contributed by atoms with E-state index in [-0.39, 0.29) is 24.9 Å². The SMILES string of the molecule is C[C@H](N)C(=O)N[C@@H](C[C@@H]1CCC(O)(O)[C@@H]2O[C@H]12)C(=O)O. The maximum atomic E-state index is 11.5. The Balaban J connectivity index is 1.93. The minimum atomic E-state index is -1.82. The molecule has 6 N–H and O–H groups in total. The topological polar surface area (TPSA) is 145 Å². The van der Waals surface area contributed by atoms with E-state index in [0.717, 1.165) is 0 Å². The summed E-state index contributed by atoms with van der Waals surface area (Å²) in [6, 6.07) is -1.83. The lowest BCUT2D eigenvalue weighted by Gasteiger charge is -2.29. The quantitative estimate of drug-likeness (QED) is 0.295. The smallest absolute Gasteiger partial charge is 0.326 e. The number of hydrogen-bond donors (Lipinski definition) is 5. The van der Waals surface area contributed by atoms with Crippen molar-refractivity contribution in [1.82, 2.24) is 5.32 Å². The van der Waals surface area contributed by atoms with E-state index in [2.05, 4.69) is 5.32 Å². The summed E-state index contributed by atoms with van der Waals surface area (Å²) >= 11 is 0. The zero-order valence-electron chi connectivity index (χ0n) is 11.2. The van der Waals surface area contributed by atoms with Gasteiger partial charge in [-0.3, -0.25) is 4.79 Å². The number of epoxide rings is 1. The van der Waals surface area contributed by atoms with Crippen molar-refractivity contribution in [3.05, 3.63) is 0 Å². The van der Waals surface area contributed by atoms with Gasteiger partial charge in [0.2, 0.25) is 5.91 Å². The average molecular weight is 288 g/mol. The number of carbonyl (C=O) groups is 2. The Morgan fingerprint density at radius 2 is 2.15 bits per heavy atom. The van der Waals surface area contributed by atoms with E-state index < -0.39 is 35.9 Å². The van der Waals surface area contributed by atoms with Crippen molar-refractivity contribution in [2.24, 2.45) is 11.7 Å². The second-order valence-electron chi connectivity index (χ2n) is 5.62. The molecule has 1 aliphatic heterocycles. The number of aliphatic carboxylic acids is 1. The first-order valence-electron chi connectivity index (χ1n) is 6.61. The maximum Gasteiger partial charge on any atom is 0.326 e. The van der Waals surface area contributed by atoms with Crippen LogP contribution in [0.2, 0.25) is 0 Å². The zero-order chi connectivity index (χ0) is 15.1. The lowest BCUT2D eigenvalue weighted by Crippen LogP contribution is -2.49. The number of amides is 1. The molecule has 8 nitrogen and oxygen atoms in total. The lowest BCUT2D eigenvalue weighted by molar-refractivity contribution is -0.186. The second-order valence-corrected chi connectivity index (χ2v) is 5.62. The summed E-state index contributed by atoms with van der Waals surface area (Å²) in [6.45, 7) is 1.47. The Hall–Kier alpha value is -1.22. The standard InChI is InChI=1S/C12H20N2O6/c1-5(13)10(15)14-7(11(16)17)4-6-2-3-12(18,19)9-8(6)20-9/h5-9,18-19H,2-4,13H2,1H3,(H,14,15)(H,16,17)/t5-,6-,7-,8+,9+/m0/s1. The van der Waals surface area contributed by atoms with Gasteiger partial charge in [-0.15, -0.1) is 0 Å². The molecule has 0 bridgehead atoms. The monoisotopic (exact) mass is 288 g/mol. The molecule has 5 atom stereocenters.